The number of hydrogen-bond acceptors (Lipinski definition) is 8. The highest BCUT2D eigenvalue weighted by Gasteiger charge is 2.30. The molecule has 358 valence electrons. The topological polar surface area (TPSA) is 184 Å². The van der Waals surface area contributed by atoms with E-state index in [1.54, 1.807) is 15.1 Å². The standard InChI is InChI=1S/C28H29N5O3.C27H29N5O2/c1-2-3-9-24(34)32-16-14-19(15-17-32)23-18-30-33-26(27(29)35)25(31-28(23)33)20-10-12-22(13-11-20)36-21-7-5-4-6-8-21;1-3-15-31-16-13-19(14-17-31)23-18-29-32-25(26(28)33)24(30(2)27(23)32)20-9-11-22(12-10-20)34-21-7-5-4-6-8-21/h3-13,18-19,30H,2,14-17H2,1H3,(H2,29,35);3-12,15,18-19H,13-14,16-17H2,1-2H3,(H2,28,33)/b9-3+;. The van der Waals surface area contributed by atoms with Gasteiger partial charge in [-0.3, -0.25) is 19.5 Å². The number of piperidine rings is 2. The lowest BCUT2D eigenvalue weighted by atomic mass is 9.91. The van der Waals surface area contributed by atoms with Crippen LogP contribution >= 0.6 is 0 Å². The van der Waals surface area contributed by atoms with Crippen LogP contribution in [0.5, 0.6) is 23.0 Å². The molecule has 0 spiro atoms. The molecule has 6 heterocycles. The van der Waals surface area contributed by atoms with Crippen LogP contribution in [0, 0.1) is 0 Å². The first kappa shape index (κ1) is 46.8. The van der Waals surface area contributed by atoms with Gasteiger partial charge in [0.15, 0.2) is 17.0 Å². The molecule has 8 aromatic rings. The molecule has 70 heavy (non-hydrogen) atoms. The number of benzene rings is 4. The molecule has 2 fully saturated rings. The molecule has 0 bridgehead atoms. The first-order valence-corrected chi connectivity index (χ1v) is 23.9. The summed E-state index contributed by atoms with van der Waals surface area (Å²) in [5, 5.41) is 7.76. The third-order valence-corrected chi connectivity index (χ3v) is 13.1. The zero-order valence-corrected chi connectivity index (χ0v) is 39.7. The molecule has 0 aliphatic carbocycles. The molecule has 0 saturated carbocycles. The maximum absolute atomic E-state index is 12.5. The van der Waals surface area contributed by atoms with Crippen molar-refractivity contribution >= 4 is 29.0 Å². The van der Waals surface area contributed by atoms with Gasteiger partial charge in [0.25, 0.3) is 11.8 Å². The van der Waals surface area contributed by atoms with Gasteiger partial charge < -0.3 is 35.3 Å². The quantitative estimate of drug-likeness (QED) is 0.0955. The Labute approximate surface area is 406 Å². The number of likely N-dealkylation sites (tertiary alicyclic amines) is 2. The molecular formula is C55H58N10O5. The number of carbonyl (C=O) groups is 3. The van der Waals surface area contributed by atoms with Crippen molar-refractivity contribution in [2.45, 2.75) is 57.8 Å². The normalized spacial score (nSPS) is 14.7. The van der Waals surface area contributed by atoms with Gasteiger partial charge in [-0.2, -0.15) is 5.10 Å². The summed E-state index contributed by atoms with van der Waals surface area (Å²) in [4.78, 5) is 46.4. The van der Waals surface area contributed by atoms with Crippen LogP contribution in [0.25, 0.3) is 33.8 Å². The summed E-state index contributed by atoms with van der Waals surface area (Å²) in [6.07, 6.45) is 16.2. The van der Waals surface area contributed by atoms with Crippen LogP contribution in [0.4, 0.5) is 0 Å². The van der Waals surface area contributed by atoms with Gasteiger partial charge in [-0.15, -0.1) is 0 Å². The van der Waals surface area contributed by atoms with E-state index in [1.807, 2.05) is 158 Å². The van der Waals surface area contributed by atoms with Crippen molar-refractivity contribution in [2.75, 3.05) is 26.2 Å². The van der Waals surface area contributed by atoms with E-state index in [-0.39, 0.29) is 11.8 Å². The molecule has 0 radical (unpaired) electrons. The molecule has 0 unspecified atom stereocenters. The van der Waals surface area contributed by atoms with Crippen LogP contribution in [0.2, 0.25) is 0 Å². The summed E-state index contributed by atoms with van der Waals surface area (Å²) in [7, 11) is 1.98. The monoisotopic (exact) mass is 938 g/mol. The number of amides is 3. The van der Waals surface area contributed by atoms with E-state index < -0.39 is 11.8 Å². The van der Waals surface area contributed by atoms with Gasteiger partial charge in [0.05, 0.1) is 11.9 Å². The number of primary amides is 2. The third kappa shape index (κ3) is 9.81. The van der Waals surface area contributed by atoms with Gasteiger partial charge in [0.2, 0.25) is 5.91 Å². The highest BCUT2D eigenvalue weighted by atomic mass is 16.5. The number of aromatic nitrogens is 6. The second-order valence-corrected chi connectivity index (χ2v) is 17.6. The second kappa shape index (κ2) is 20.9. The van der Waals surface area contributed by atoms with Crippen LogP contribution in [-0.4, -0.2) is 82.5 Å². The zero-order valence-electron chi connectivity index (χ0n) is 39.7. The number of nitrogens with two attached hydrogens (primary N) is 2. The number of imidazole rings is 2. The Balaban J connectivity index is 0.000000174. The molecule has 3 amide bonds. The summed E-state index contributed by atoms with van der Waals surface area (Å²) >= 11 is 0. The Morgan fingerprint density at radius 1 is 0.714 bits per heavy atom. The molecule has 4 aromatic heterocycles. The maximum atomic E-state index is 12.5. The van der Waals surface area contributed by atoms with Crippen molar-refractivity contribution in [3.8, 4) is 45.5 Å². The van der Waals surface area contributed by atoms with E-state index in [1.165, 1.54) is 5.56 Å². The first-order valence-electron chi connectivity index (χ1n) is 23.9. The summed E-state index contributed by atoms with van der Waals surface area (Å²) in [6.45, 7) is 7.45. The largest absolute Gasteiger partial charge is 0.457 e. The third-order valence-electron chi connectivity index (χ3n) is 13.1. The predicted octanol–water partition coefficient (Wildman–Crippen LogP) is 9.84. The molecule has 4 aromatic carbocycles. The lowest BCUT2D eigenvalue weighted by Gasteiger charge is -2.31. The van der Waals surface area contributed by atoms with E-state index >= 15 is 0 Å². The van der Waals surface area contributed by atoms with Gasteiger partial charge in [0.1, 0.15) is 34.3 Å². The molecule has 15 heteroatoms. The molecule has 5 N–H and O–H groups in total. The minimum Gasteiger partial charge on any atom is -0.457 e. The maximum Gasteiger partial charge on any atom is 0.269 e. The molecular weight excluding hydrogens is 881 g/mol. The van der Waals surface area contributed by atoms with Crippen molar-refractivity contribution < 1.29 is 23.9 Å². The Morgan fingerprint density at radius 3 is 1.81 bits per heavy atom. The second-order valence-electron chi connectivity index (χ2n) is 17.6. The number of nitrogens with zero attached hydrogens (tertiary/aromatic N) is 7. The van der Waals surface area contributed by atoms with E-state index in [2.05, 4.69) is 27.4 Å². The summed E-state index contributed by atoms with van der Waals surface area (Å²) in [5.41, 5.74) is 19.1. The van der Waals surface area contributed by atoms with Crippen molar-refractivity contribution in [1.29, 1.82) is 0 Å². The molecule has 2 aliphatic heterocycles. The van der Waals surface area contributed by atoms with Crippen molar-refractivity contribution in [3.63, 3.8) is 0 Å². The van der Waals surface area contributed by atoms with E-state index in [0.29, 0.717) is 47.5 Å². The van der Waals surface area contributed by atoms with Crippen LogP contribution in [0.3, 0.4) is 0 Å². The minimum atomic E-state index is -0.557. The van der Waals surface area contributed by atoms with E-state index in [0.717, 1.165) is 90.5 Å². The average molecular weight is 939 g/mol. The smallest absolute Gasteiger partial charge is 0.269 e. The summed E-state index contributed by atoms with van der Waals surface area (Å²) in [6, 6.07) is 34.4. The Morgan fingerprint density at radius 2 is 1.26 bits per heavy atom. The molecule has 0 atom stereocenters. The number of aromatic amines is 1. The number of rotatable bonds is 13. The highest BCUT2D eigenvalue weighted by Crippen LogP contribution is 2.37. The Bertz CT molecular complexity index is 3150. The lowest BCUT2D eigenvalue weighted by molar-refractivity contribution is -0.127. The van der Waals surface area contributed by atoms with Crippen LogP contribution in [0.15, 0.2) is 146 Å². The van der Waals surface area contributed by atoms with Crippen LogP contribution < -0.4 is 20.9 Å². The Hall–Kier alpha value is -8.33. The summed E-state index contributed by atoms with van der Waals surface area (Å²) < 4.78 is 17.2. The number of para-hydroxylation sites is 2. The number of ether oxygens (including phenoxy) is 2. The van der Waals surface area contributed by atoms with Crippen molar-refractivity contribution in [3.05, 3.63) is 169 Å². The van der Waals surface area contributed by atoms with Crippen molar-refractivity contribution in [2.24, 2.45) is 18.5 Å². The van der Waals surface area contributed by atoms with Gasteiger partial charge in [-0.1, -0.05) is 55.5 Å². The number of allylic oxidation sites excluding steroid dienone is 2. The van der Waals surface area contributed by atoms with Gasteiger partial charge >= 0.3 is 0 Å². The molecule has 2 saturated heterocycles. The molecule has 15 nitrogen and oxygen atoms in total. The summed E-state index contributed by atoms with van der Waals surface area (Å²) in [5.74, 6) is 2.56. The lowest BCUT2D eigenvalue weighted by Crippen LogP contribution is -2.36. The minimum absolute atomic E-state index is 0.0633. The van der Waals surface area contributed by atoms with Gasteiger partial charge in [-0.25, -0.2) is 14.0 Å². The van der Waals surface area contributed by atoms with Gasteiger partial charge in [-0.05, 0) is 136 Å². The average Bonchev–Trinajstić information content (AvgIpc) is 4.16. The molecule has 2 aliphatic rings. The number of H-pyrrole nitrogens is 1. The molecule has 10 rings (SSSR count). The Kier molecular flexibility index (Phi) is 14.0. The van der Waals surface area contributed by atoms with Gasteiger partial charge in [0, 0.05) is 61.7 Å². The number of hydrogen-bond donors (Lipinski definition) is 3. The van der Waals surface area contributed by atoms with E-state index in [4.69, 9.17) is 25.9 Å². The predicted molar refractivity (Wildman–Crippen MR) is 271 cm³/mol. The number of carbonyl (C=O) groups excluding carboxylic acids is 3. The fourth-order valence-corrected chi connectivity index (χ4v) is 9.64. The number of aryl methyl sites for hydroxylation is 1. The van der Waals surface area contributed by atoms with Crippen LogP contribution in [0.1, 0.15) is 89.9 Å². The highest BCUT2D eigenvalue weighted by molar-refractivity contribution is 5.99. The number of nitrogens with one attached hydrogen (secondary N) is 1. The number of fused-ring (bicyclic) bond motifs is 2. The first-order chi connectivity index (χ1) is 34.1. The fourth-order valence-electron chi connectivity index (χ4n) is 9.64. The van der Waals surface area contributed by atoms with Crippen molar-refractivity contribution in [1.82, 2.24) is 38.6 Å². The van der Waals surface area contributed by atoms with E-state index in [9.17, 15) is 14.4 Å². The fraction of sp³-hybridized carbons (Fsp3) is 0.255. The zero-order chi connectivity index (χ0) is 48.7. The SMILES string of the molecule is CC/C=C/C(=O)N1CCC(c2c[nH]n3c(C(N)=O)c(-c4ccc(Oc5ccccc5)cc4)nc23)CC1.CC=CN1CCC(c2cnn3c(C(N)=O)c(-c4ccc(Oc5ccccc5)cc4)n(C)c23)CC1. The van der Waals surface area contributed by atoms with Crippen LogP contribution in [-0.2, 0) is 11.8 Å².